The van der Waals surface area contributed by atoms with E-state index in [-0.39, 0.29) is 5.91 Å². The van der Waals surface area contributed by atoms with Gasteiger partial charge in [0.25, 0.3) is 5.91 Å². The van der Waals surface area contributed by atoms with E-state index in [9.17, 15) is 4.79 Å². The molecular weight excluding hydrogens is 250 g/mol. The number of nitrogens with one attached hydrogen (secondary N) is 1. The first-order valence-electron chi connectivity index (χ1n) is 7.47. The van der Waals surface area contributed by atoms with Crippen LogP contribution in [0.4, 0.5) is 5.82 Å². The number of aromatic nitrogens is 1. The number of pyridine rings is 1. The lowest BCUT2D eigenvalue weighted by molar-refractivity contribution is 0.0623. The molecular formula is C16H25N3O. The van der Waals surface area contributed by atoms with E-state index in [1.54, 1.807) is 6.20 Å². The van der Waals surface area contributed by atoms with Crippen molar-refractivity contribution in [3.8, 4) is 0 Å². The predicted molar refractivity (Wildman–Crippen MR) is 81.8 cm³/mol. The zero-order valence-electron chi connectivity index (χ0n) is 12.9. The summed E-state index contributed by atoms with van der Waals surface area (Å²) in [5, 5.41) is 3.23. The monoisotopic (exact) mass is 275 g/mol. The van der Waals surface area contributed by atoms with Crippen molar-refractivity contribution < 1.29 is 4.79 Å². The topological polar surface area (TPSA) is 45.2 Å². The van der Waals surface area contributed by atoms with Gasteiger partial charge in [-0.2, -0.15) is 0 Å². The highest BCUT2D eigenvalue weighted by atomic mass is 16.2. The molecule has 0 aliphatic carbocycles. The van der Waals surface area contributed by atoms with Crippen LogP contribution in [-0.4, -0.2) is 34.9 Å². The Morgan fingerprint density at radius 3 is 2.45 bits per heavy atom. The van der Waals surface area contributed by atoms with Crippen LogP contribution in [0.15, 0.2) is 18.3 Å². The summed E-state index contributed by atoms with van der Waals surface area (Å²) >= 11 is 0. The Labute approximate surface area is 121 Å². The van der Waals surface area contributed by atoms with Crippen LogP contribution in [0.3, 0.4) is 0 Å². The van der Waals surface area contributed by atoms with Crippen molar-refractivity contribution in [3.05, 3.63) is 23.9 Å². The van der Waals surface area contributed by atoms with Crippen molar-refractivity contribution in [1.29, 1.82) is 0 Å². The number of amides is 1. The summed E-state index contributed by atoms with van der Waals surface area (Å²) in [7, 11) is 0. The maximum Gasteiger partial charge on any atom is 0.255 e. The Balaban J connectivity index is 2.05. The van der Waals surface area contributed by atoms with E-state index >= 15 is 0 Å². The summed E-state index contributed by atoms with van der Waals surface area (Å²) in [6.45, 7) is 10.3. The van der Waals surface area contributed by atoms with Crippen molar-refractivity contribution in [3.63, 3.8) is 0 Å². The smallest absolute Gasteiger partial charge is 0.255 e. The largest absolute Gasteiger partial charge is 0.368 e. The third-order valence-electron chi connectivity index (χ3n) is 3.60. The van der Waals surface area contributed by atoms with Gasteiger partial charge < -0.3 is 10.2 Å². The Bertz CT molecular complexity index is 445. The van der Waals surface area contributed by atoms with Crippen molar-refractivity contribution in [2.45, 2.75) is 40.2 Å². The van der Waals surface area contributed by atoms with Gasteiger partial charge in [0, 0.05) is 25.3 Å². The molecule has 4 heteroatoms. The number of anilines is 1. The Morgan fingerprint density at radius 2 is 1.95 bits per heavy atom. The second kappa shape index (κ2) is 6.25. The minimum Gasteiger partial charge on any atom is -0.368 e. The lowest BCUT2D eigenvalue weighted by atomic mass is 9.91. The molecule has 1 aromatic rings. The highest BCUT2D eigenvalue weighted by Gasteiger charge is 2.26. The van der Waals surface area contributed by atoms with Gasteiger partial charge in [-0.1, -0.05) is 13.8 Å². The van der Waals surface area contributed by atoms with Gasteiger partial charge >= 0.3 is 0 Å². The lowest BCUT2D eigenvalue weighted by Crippen LogP contribution is -2.42. The molecule has 1 aliphatic rings. The molecule has 1 aliphatic heterocycles. The second-order valence-corrected chi connectivity index (χ2v) is 6.39. The molecule has 1 saturated heterocycles. The summed E-state index contributed by atoms with van der Waals surface area (Å²) in [5.74, 6) is 2.08. The highest BCUT2D eigenvalue weighted by Crippen LogP contribution is 2.22. The summed E-state index contributed by atoms with van der Waals surface area (Å²) in [4.78, 5) is 18.8. The third kappa shape index (κ3) is 3.71. The van der Waals surface area contributed by atoms with E-state index < -0.39 is 0 Å². The first-order valence-corrected chi connectivity index (χ1v) is 7.47. The van der Waals surface area contributed by atoms with Gasteiger partial charge in [0.2, 0.25) is 0 Å². The Kier molecular flexibility index (Phi) is 4.63. The van der Waals surface area contributed by atoms with Gasteiger partial charge in [0.15, 0.2) is 0 Å². The van der Waals surface area contributed by atoms with Crippen molar-refractivity contribution in [1.82, 2.24) is 9.88 Å². The molecule has 2 heterocycles. The van der Waals surface area contributed by atoms with Crippen LogP contribution in [0.1, 0.15) is 44.5 Å². The van der Waals surface area contributed by atoms with E-state index in [1.165, 1.54) is 6.42 Å². The number of carbonyl (C=O) groups is 1. The van der Waals surface area contributed by atoms with E-state index in [4.69, 9.17) is 0 Å². The maximum atomic E-state index is 12.5. The maximum absolute atomic E-state index is 12.5. The molecule has 2 rings (SSSR count). The zero-order valence-corrected chi connectivity index (χ0v) is 12.9. The molecule has 0 spiro atoms. The third-order valence-corrected chi connectivity index (χ3v) is 3.60. The number of hydrogen-bond donors (Lipinski definition) is 1. The van der Waals surface area contributed by atoms with Crippen LogP contribution in [0.2, 0.25) is 0 Å². The van der Waals surface area contributed by atoms with Gasteiger partial charge in [-0.25, -0.2) is 4.98 Å². The minimum atomic E-state index is 0.104. The number of hydrogen-bond acceptors (Lipinski definition) is 3. The van der Waals surface area contributed by atoms with Crippen LogP contribution in [0, 0.1) is 11.8 Å². The fraction of sp³-hybridized carbons (Fsp3) is 0.625. The normalized spacial score (nSPS) is 22.9. The molecule has 1 fully saturated rings. The summed E-state index contributed by atoms with van der Waals surface area (Å²) in [5.41, 5.74) is 0.681. The Morgan fingerprint density at radius 1 is 1.30 bits per heavy atom. The van der Waals surface area contributed by atoms with Crippen LogP contribution < -0.4 is 5.32 Å². The molecule has 1 N–H and O–H groups in total. The van der Waals surface area contributed by atoms with Crippen LogP contribution in [0.25, 0.3) is 0 Å². The minimum absolute atomic E-state index is 0.104. The summed E-state index contributed by atoms with van der Waals surface area (Å²) in [6.07, 6.45) is 2.89. The molecule has 20 heavy (non-hydrogen) atoms. The van der Waals surface area contributed by atoms with Gasteiger partial charge in [-0.15, -0.1) is 0 Å². The summed E-state index contributed by atoms with van der Waals surface area (Å²) in [6, 6.07) is 4.08. The van der Waals surface area contributed by atoms with Gasteiger partial charge in [0.05, 0.1) is 5.56 Å². The predicted octanol–water partition coefficient (Wildman–Crippen LogP) is 3.02. The number of likely N-dealkylation sites (tertiary alicyclic amines) is 1. The van der Waals surface area contributed by atoms with Crippen molar-refractivity contribution >= 4 is 11.7 Å². The number of piperidine rings is 1. The number of carbonyl (C=O) groups excluding carboxylic acids is 1. The summed E-state index contributed by atoms with van der Waals surface area (Å²) < 4.78 is 0. The standard InChI is InChI=1S/C16H25N3O/c1-11(2)18-15-6-5-14(8-17-15)16(20)19-9-12(3)7-13(4)10-19/h5-6,8,11-13H,7,9-10H2,1-4H3,(H,17,18). The average Bonchev–Trinajstić information content (AvgIpc) is 2.37. The van der Waals surface area contributed by atoms with Crippen LogP contribution >= 0.6 is 0 Å². The van der Waals surface area contributed by atoms with Gasteiger partial charge in [-0.05, 0) is 44.2 Å². The quantitative estimate of drug-likeness (QED) is 0.922. The van der Waals surface area contributed by atoms with Crippen LogP contribution in [0.5, 0.6) is 0 Å². The number of nitrogens with zero attached hydrogens (tertiary/aromatic N) is 2. The van der Waals surface area contributed by atoms with E-state index in [2.05, 4.69) is 38.0 Å². The van der Waals surface area contributed by atoms with E-state index in [1.807, 2.05) is 17.0 Å². The second-order valence-electron chi connectivity index (χ2n) is 6.39. The van der Waals surface area contributed by atoms with Crippen molar-refractivity contribution in [2.24, 2.45) is 11.8 Å². The van der Waals surface area contributed by atoms with E-state index in [0.29, 0.717) is 23.4 Å². The first-order chi connectivity index (χ1) is 9.45. The lowest BCUT2D eigenvalue weighted by Gasteiger charge is -2.35. The van der Waals surface area contributed by atoms with Gasteiger partial charge in [0.1, 0.15) is 5.82 Å². The molecule has 0 saturated carbocycles. The molecule has 1 aromatic heterocycles. The van der Waals surface area contributed by atoms with Crippen molar-refractivity contribution in [2.75, 3.05) is 18.4 Å². The molecule has 4 nitrogen and oxygen atoms in total. The fourth-order valence-electron chi connectivity index (χ4n) is 2.91. The SMILES string of the molecule is CC1CC(C)CN(C(=O)c2ccc(NC(C)C)nc2)C1. The molecule has 110 valence electrons. The molecule has 2 unspecified atom stereocenters. The number of rotatable bonds is 3. The molecule has 0 aromatic carbocycles. The molecule has 0 radical (unpaired) electrons. The van der Waals surface area contributed by atoms with E-state index in [0.717, 1.165) is 18.9 Å². The first kappa shape index (κ1) is 14.8. The highest BCUT2D eigenvalue weighted by molar-refractivity contribution is 5.94. The van der Waals surface area contributed by atoms with Crippen LogP contribution in [-0.2, 0) is 0 Å². The Hall–Kier alpha value is -1.58. The fourth-order valence-corrected chi connectivity index (χ4v) is 2.91. The molecule has 1 amide bonds. The molecule has 0 bridgehead atoms. The zero-order chi connectivity index (χ0) is 14.7. The molecule has 2 atom stereocenters. The average molecular weight is 275 g/mol. The van der Waals surface area contributed by atoms with Gasteiger partial charge in [-0.3, -0.25) is 4.79 Å².